The molecule has 3 rings (SSSR count). The van der Waals surface area contributed by atoms with E-state index >= 15 is 0 Å². The molecule has 1 aromatic carbocycles. The van der Waals surface area contributed by atoms with Crippen LogP contribution in [0.2, 0.25) is 0 Å². The summed E-state index contributed by atoms with van der Waals surface area (Å²) in [4.78, 5) is 16.8. The van der Waals surface area contributed by atoms with Crippen LogP contribution in [0.3, 0.4) is 0 Å². The molecule has 0 atom stereocenters. The van der Waals surface area contributed by atoms with Gasteiger partial charge in [-0.2, -0.15) is 0 Å². The highest BCUT2D eigenvalue weighted by Gasteiger charge is 2.15. The molecule has 2 heterocycles. The summed E-state index contributed by atoms with van der Waals surface area (Å²) in [5.41, 5.74) is 0.894. The van der Waals surface area contributed by atoms with Crippen LogP contribution < -0.4 is 10.5 Å². The molecule has 1 aliphatic heterocycles. The van der Waals surface area contributed by atoms with Gasteiger partial charge in [-0.15, -0.1) is 10.2 Å². The first-order valence-electron chi connectivity index (χ1n) is 6.20. The summed E-state index contributed by atoms with van der Waals surface area (Å²) in [6.07, 6.45) is 0. The molecule has 0 radical (unpaired) electrons. The van der Waals surface area contributed by atoms with Crippen molar-refractivity contribution in [2.75, 3.05) is 31.2 Å². The Bertz CT molecular complexity index is 606. The third-order valence-electron chi connectivity index (χ3n) is 3.04. The summed E-state index contributed by atoms with van der Waals surface area (Å²) in [6, 6.07) is 9.31. The molecule has 0 aliphatic carbocycles. The lowest BCUT2D eigenvalue weighted by molar-refractivity contribution is 0.122. The topological polar surface area (TPSA) is 71.1 Å². The first-order valence-corrected chi connectivity index (χ1v) is 6.20. The van der Waals surface area contributed by atoms with Crippen molar-refractivity contribution in [2.24, 2.45) is 0 Å². The molecule has 1 fully saturated rings. The smallest absolute Gasteiger partial charge is 0.279 e. The van der Waals surface area contributed by atoms with E-state index in [0.717, 1.165) is 18.7 Å². The lowest BCUT2D eigenvalue weighted by Crippen LogP contribution is -2.38. The van der Waals surface area contributed by atoms with Crippen molar-refractivity contribution >= 4 is 5.95 Å². The maximum Gasteiger partial charge on any atom is 0.279 e. The SMILES string of the molecule is O=c1[nH]c(N2CCOCC2)nnc1-c1ccccc1. The Morgan fingerprint density at radius 3 is 2.53 bits per heavy atom. The van der Waals surface area contributed by atoms with E-state index < -0.39 is 0 Å². The molecule has 1 saturated heterocycles. The van der Waals surface area contributed by atoms with E-state index in [2.05, 4.69) is 15.2 Å². The van der Waals surface area contributed by atoms with Crippen molar-refractivity contribution in [3.63, 3.8) is 0 Å². The Labute approximate surface area is 110 Å². The van der Waals surface area contributed by atoms with Gasteiger partial charge in [0.25, 0.3) is 5.56 Å². The third-order valence-corrected chi connectivity index (χ3v) is 3.04. The average Bonchev–Trinajstić information content (AvgIpc) is 2.49. The number of benzene rings is 1. The average molecular weight is 258 g/mol. The highest BCUT2D eigenvalue weighted by molar-refractivity contribution is 5.57. The fraction of sp³-hybridized carbons (Fsp3) is 0.308. The molecular formula is C13H14N4O2. The summed E-state index contributed by atoms with van der Waals surface area (Å²) >= 11 is 0. The number of anilines is 1. The van der Waals surface area contributed by atoms with Gasteiger partial charge in [0, 0.05) is 18.7 Å². The number of aromatic amines is 1. The number of hydrogen-bond acceptors (Lipinski definition) is 5. The molecule has 0 bridgehead atoms. The molecule has 6 nitrogen and oxygen atoms in total. The quantitative estimate of drug-likeness (QED) is 0.857. The molecule has 0 saturated carbocycles. The van der Waals surface area contributed by atoms with Crippen LogP contribution in [0.15, 0.2) is 35.1 Å². The number of hydrogen-bond donors (Lipinski definition) is 1. The van der Waals surface area contributed by atoms with Crippen molar-refractivity contribution in [3.8, 4) is 11.3 Å². The predicted molar refractivity (Wildman–Crippen MR) is 71.1 cm³/mol. The van der Waals surface area contributed by atoms with Gasteiger partial charge >= 0.3 is 0 Å². The van der Waals surface area contributed by atoms with Crippen LogP contribution in [0.5, 0.6) is 0 Å². The van der Waals surface area contributed by atoms with E-state index in [1.807, 2.05) is 35.2 Å². The highest BCUT2D eigenvalue weighted by atomic mass is 16.5. The monoisotopic (exact) mass is 258 g/mol. The molecule has 2 aromatic rings. The van der Waals surface area contributed by atoms with Gasteiger partial charge in [-0.3, -0.25) is 9.78 Å². The van der Waals surface area contributed by atoms with Gasteiger partial charge in [0.1, 0.15) is 0 Å². The van der Waals surface area contributed by atoms with E-state index in [1.54, 1.807) is 0 Å². The molecule has 1 aliphatic rings. The van der Waals surface area contributed by atoms with Crippen molar-refractivity contribution in [3.05, 3.63) is 40.7 Å². The molecule has 19 heavy (non-hydrogen) atoms. The van der Waals surface area contributed by atoms with Crippen LogP contribution in [0.4, 0.5) is 5.95 Å². The standard InChI is InChI=1S/C13H14N4O2/c18-12-11(10-4-2-1-3-5-10)15-16-13(14-12)17-6-8-19-9-7-17/h1-5H,6-9H2,(H,14,16,18). The Balaban J connectivity index is 1.92. The highest BCUT2D eigenvalue weighted by Crippen LogP contribution is 2.12. The minimum absolute atomic E-state index is 0.220. The van der Waals surface area contributed by atoms with E-state index in [0.29, 0.717) is 24.9 Å². The zero-order chi connectivity index (χ0) is 13.1. The second-order valence-corrected chi connectivity index (χ2v) is 4.29. The molecule has 0 amide bonds. The number of aromatic nitrogens is 3. The number of nitrogens with one attached hydrogen (secondary N) is 1. The molecule has 98 valence electrons. The third kappa shape index (κ3) is 2.48. The van der Waals surface area contributed by atoms with Crippen LogP contribution in [0.1, 0.15) is 0 Å². The fourth-order valence-corrected chi connectivity index (χ4v) is 2.03. The molecule has 1 aromatic heterocycles. The van der Waals surface area contributed by atoms with Crippen LogP contribution in [0.25, 0.3) is 11.3 Å². The van der Waals surface area contributed by atoms with Crippen molar-refractivity contribution < 1.29 is 4.74 Å². The minimum atomic E-state index is -0.220. The number of morpholine rings is 1. The molecule has 6 heteroatoms. The summed E-state index contributed by atoms with van der Waals surface area (Å²) < 4.78 is 5.26. The van der Waals surface area contributed by atoms with Crippen LogP contribution >= 0.6 is 0 Å². The van der Waals surface area contributed by atoms with Gasteiger partial charge in [0.15, 0.2) is 5.69 Å². The second-order valence-electron chi connectivity index (χ2n) is 4.29. The van der Waals surface area contributed by atoms with Crippen LogP contribution in [-0.4, -0.2) is 41.5 Å². The number of ether oxygens (including phenoxy) is 1. The Morgan fingerprint density at radius 1 is 1.11 bits per heavy atom. The normalized spacial score (nSPS) is 15.5. The number of H-pyrrole nitrogens is 1. The van der Waals surface area contributed by atoms with Crippen molar-refractivity contribution in [1.82, 2.24) is 15.2 Å². The molecule has 1 N–H and O–H groups in total. The second kappa shape index (κ2) is 5.19. The van der Waals surface area contributed by atoms with Crippen molar-refractivity contribution in [1.29, 1.82) is 0 Å². The zero-order valence-corrected chi connectivity index (χ0v) is 10.4. The lowest BCUT2D eigenvalue weighted by Gasteiger charge is -2.26. The van der Waals surface area contributed by atoms with Crippen LogP contribution in [-0.2, 0) is 4.74 Å². The predicted octanol–water partition coefficient (Wildman–Crippen LogP) is 0.668. The Kier molecular flexibility index (Phi) is 3.24. The largest absolute Gasteiger partial charge is 0.378 e. The first-order chi connectivity index (χ1) is 9.34. The zero-order valence-electron chi connectivity index (χ0n) is 10.4. The minimum Gasteiger partial charge on any atom is -0.378 e. The summed E-state index contributed by atoms with van der Waals surface area (Å²) in [6.45, 7) is 2.72. The Morgan fingerprint density at radius 2 is 1.84 bits per heavy atom. The molecule has 0 spiro atoms. The van der Waals surface area contributed by atoms with Gasteiger partial charge in [0.05, 0.1) is 13.2 Å². The Hall–Kier alpha value is -2.21. The first kappa shape index (κ1) is 11.9. The lowest BCUT2D eigenvalue weighted by atomic mass is 10.2. The van der Waals surface area contributed by atoms with Gasteiger partial charge < -0.3 is 9.64 Å². The summed E-state index contributed by atoms with van der Waals surface area (Å²) in [7, 11) is 0. The van der Waals surface area contributed by atoms with Gasteiger partial charge in [-0.25, -0.2) is 0 Å². The van der Waals surface area contributed by atoms with Crippen molar-refractivity contribution in [2.45, 2.75) is 0 Å². The maximum absolute atomic E-state index is 12.1. The maximum atomic E-state index is 12.1. The summed E-state index contributed by atoms with van der Waals surface area (Å²) in [5, 5.41) is 8.15. The molecular weight excluding hydrogens is 244 g/mol. The fourth-order valence-electron chi connectivity index (χ4n) is 2.03. The number of rotatable bonds is 2. The van der Waals surface area contributed by atoms with E-state index in [9.17, 15) is 4.79 Å². The van der Waals surface area contributed by atoms with Crippen LogP contribution in [0, 0.1) is 0 Å². The van der Waals surface area contributed by atoms with E-state index in [-0.39, 0.29) is 5.56 Å². The van der Waals surface area contributed by atoms with E-state index in [4.69, 9.17) is 4.74 Å². The number of nitrogens with zero attached hydrogens (tertiary/aromatic N) is 3. The van der Waals surface area contributed by atoms with Gasteiger partial charge in [-0.1, -0.05) is 30.3 Å². The van der Waals surface area contributed by atoms with E-state index in [1.165, 1.54) is 0 Å². The van der Waals surface area contributed by atoms with Gasteiger partial charge in [0.2, 0.25) is 5.95 Å². The van der Waals surface area contributed by atoms with Gasteiger partial charge in [-0.05, 0) is 0 Å². The molecule has 0 unspecified atom stereocenters. The summed E-state index contributed by atoms with van der Waals surface area (Å²) in [5.74, 6) is 0.507.